The number of alkyl halides is 1. The normalized spacial score (nSPS) is 48.9. The minimum absolute atomic E-state index is 0.0410. The smallest absolute Gasteiger partial charge is 0.302 e. The summed E-state index contributed by atoms with van der Waals surface area (Å²) < 4.78 is 21.9. The Morgan fingerprint density at radius 1 is 1.04 bits per heavy atom. The van der Waals surface area contributed by atoms with Crippen molar-refractivity contribution in [3.63, 3.8) is 0 Å². The quantitative estimate of drug-likeness (QED) is 0.756. The van der Waals surface area contributed by atoms with E-state index in [0.29, 0.717) is 12.3 Å². The van der Waals surface area contributed by atoms with Crippen LogP contribution in [0.2, 0.25) is 0 Å². The number of halogens is 1. The lowest BCUT2D eigenvalue weighted by atomic mass is 9.48. The van der Waals surface area contributed by atoms with Gasteiger partial charge in [0.15, 0.2) is 5.78 Å². The lowest BCUT2D eigenvalue weighted by molar-refractivity contribution is -0.169. The first kappa shape index (κ1) is 19.4. The number of esters is 1. The van der Waals surface area contributed by atoms with Crippen LogP contribution in [-0.2, 0) is 14.3 Å². The van der Waals surface area contributed by atoms with Crippen molar-refractivity contribution < 1.29 is 23.8 Å². The van der Waals surface area contributed by atoms with Gasteiger partial charge in [0.1, 0.15) is 18.4 Å². The predicted molar refractivity (Wildman–Crippen MR) is 98.6 cm³/mol. The molecule has 4 aliphatic rings. The fourth-order valence-electron chi connectivity index (χ4n) is 7.71. The number of aliphatic hydroxyl groups excluding tert-OH is 1. The van der Waals surface area contributed by atoms with Crippen LogP contribution in [0, 0.1) is 35.0 Å². The summed E-state index contributed by atoms with van der Waals surface area (Å²) in [6.07, 6.45) is 7.22. The van der Waals surface area contributed by atoms with Gasteiger partial charge >= 0.3 is 5.97 Å². The molecule has 0 heterocycles. The maximum absolute atomic E-state index is 16.5. The van der Waals surface area contributed by atoms with Crippen molar-refractivity contribution in [2.24, 2.45) is 35.0 Å². The third-order valence-electron chi connectivity index (χ3n) is 8.83. The molecule has 0 amide bonds. The second-order valence-corrected chi connectivity index (χ2v) is 9.89. The molecule has 0 spiro atoms. The summed E-state index contributed by atoms with van der Waals surface area (Å²) in [7, 11) is 0. The Morgan fingerprint density at radius 2 is 1.74 bits per heavy atom. The van der Waals surface area contributed by atoms with Crippen molar-refractivity contribution in [3.8, 4) is 0 Å². The standard InChI is InChI=1S/C22H33FO4/c1-13(25)27-15-4-6-16-14(11-15)3-5-18-17-7-8-19(20(26)12-24)21(17,2)9-10-22(16,18)23/h14-19,24H,3-12H2,1-2H3/t14-,15+,16+,17+,18+,19-,21+,22+/m1/s1. The Labute approximate surface area is 161 Å². The number of carbonyl (C=O) groups excluding carboxylic acids is 2. The number of ether oxygens (including phenoxy) is 1. The molecular formula is C22H33FO4. The van der Waals surface area contributed by atoms with Gasteiger partial charge in [-0.2, -0.15) is 0 Å². The fraction of sp³-hybridized carbons (Fsp3) is 0.909. The SMILES string of the molecule is CC(=O)O[C@H]1CC[C@H]2[C@H](CC[C@H]3[C@@H]4CC[C@H](C(=O)CO)[C@@]4(C)CC[C@]23F)C1. The number of Topliss-reactive ketones (excluding diaryl/α,β-unsaturated/α-hetero) is 1. The van der Waals surface area contributed by atoms with Crippen molar-refractivity contribution in [2.75, 3.05) is 6.61 Å². The van der Waals surface area contributed by atoms with Crippen LogP contribution in [0.25, 0.3) is 0 Å². The van der Waals surface area contributed by atoms with E-state index in [9.17, 15) is 14.7 Å². The zero-order valence-electron chi connectivity index (χ0n) is 16.6. The summed E-state index contributed by atoms with van der Waals surface area (Å²) >= 11 is 0. The van der Waals surface area contributed by atoms with E-state index in [4.69, 9.17) is 4.74 Å². The van der Waals surface area contributed by atoms with Gasteiger partial charge in [0, 0.05) is 12.8 Å². The van der Waals surface area contributed by atoms with E-state index >= 15 is 4.39 Å². The monoisotopic (exact) mass is 380 g/mol. The molecular weight excluding hydrogens is 347 g/mol. The van der Waals surface area contributed by atoms with Gasteiger partial charge in [0.25, 0.3) is 0 Å². The molecule has 4 rings (SSSR count). The van der Waals surface area contributed by atoms with Crippen LogP contribution in [0.4, 0.5) is 4.39 Å². The summed E-state index contributed by atoms with van der Waals surface area (Å²) in [5.74, 6) is 0.283. The second kappa shape index (κ2) is 6.82. The van der Waals surface area contributed by atoms with Crippen molar-refractivity contribution >= 4 is 11.8 Å². The second-order valence-electron chi connectivity index (χ2n) is 9.89. The number of ketones is 1. The highest BCUT2D eigenvalue weighted by atomic mass is 19.1. The Morgan fingerprint density at radius 3 is 2.44 bits per heavy atom. The maximum Gasteiger partial charge on any atom is 0.302 e. The fourth-order valence-corrected chi connectivity index (χ4v) is 7.71. The molecule has 4 aliphatic carbocycles. The first-order valence-electron chi connectivity index (χ1n) is 10.8. The molecule has 4 saturated carbocycles. The van der Waals surface area contributed by atoms with Crippen molar-refractivity contribution in [2.45, 2.75) is 83.4 Å². The third-order valence-corrected chi connectivity index (χ3v) is 8.83. The number of fused-ring (bicyclic) bond motifs is 5. The summed E-state index contributed by atoms with van der Waals surface area (Å²) in [5, 5.41) is 9.37. The Balaban J connectivity index is 1.53. The summed E-state index contributed by atoms with van der Waals surface area (Å²) in [6, 6.07) is 0. The molecule has 0 bridgehead atoms. The minimum atomic E-state index is -1.13. The topological polar surface area (TPSA) is 63.6 Å². The van der Waals surface area contributed by atoms with E-state index in [1.165, 1.54) is 6.92 Å². The molecule has 0 aromatic rings. The first-order chi connectivity index (χ1) is 12.8. The molecule has 27 heavy (non-hydrogen) atoms. The Kier molecular flexibility index (Phi) is 4.89. The van der Waals surface area contributed by atoms with Crippen molar-refractivity contribution in [1.29, 1.82) is 0 Å². The number of hydrogen-bond donors (Lipinski definition) is 1. The highest BCUT2D eigenvalue weighted by Crippen LogP contribution is 2.66. The number of hydrogen-bond acceptors (Lipinski definition) is 4. The maximum atomic E-state index is 16.5. The van der Waals surface area contributed by atoms with Crippen LogP contribution < -0.4 is 0 Å². The largest absolute Gasteiger partial charge is 0.463 e. The zero-order valence-corrected chi connectivity index (χ0v) is 16.6. The van der Waals surface area contributed by atoms with Crippen LogP contribution >= 0.6 is 0 Å². The molecule has 4 nitrogen and oxygen atoms in total. The molecule has 1 N–H and O–H groups in total. The number of rotatable bonds is 3. The van der Waals surface area contributed by atoms with Gasteiger partial charge in [-0.1, -0.05) is 6.92 Å². The molecule has 152 valence electrons. The van der Waals surface area contributed by atoms with E-state index < -0.39 is 5.67 Å². The van der Waals surface area contributed by atoms with Gasteiger partial charge in [-0.3, -0.25) is 9.59 Å². The summed E-state index contributed by atoms with van der Waals surface area (Å²) in [4.78, 5) is 23.6. The molecule has 0 aromatic heterocycles. The Bertz CT molecular complexity index is 621. The first-order valence-corrected chi connectivity index (χ1v) is 10.8. The summed E-state index contributed by atoms with van der Waals surface area (Å²) in [6.45, 7) is 3.23. The van der Waals surface area contributed by atoms with E-state index in [2.05, 4.69) is 6.92 Å². The number of carbonyl (C=O) groups is 2. The van der Waals surface area contributed by atoms with Crippen LogP contribution in [0.3, 0.4) is 0 Å². The van der Waals surface area contributed by atoms with Gasteiger partial charge in [-0.05, 0) is 86.9 Å². The summed E-state index contributed by atoms with van der Waals surface area (Å²) in [5.41, 5.74) is -1.28. The predicted octanol–water partition coefficient (Wildman–Crippen LogP) is 3.84. The van der Waals surface area contributed by atoms with Crippen LogP contribution in [0.1, 0.15) is 71.6 Å². The van der Waals surface area contributed by atoms with E-state index in [1.807, 2.05) is 0 Å². The zero-order chi connectivity index (χ0) is 19.4. The van der Waals surface area contributed by atoms with Crippen molar-refractivity contribution in [1.82, 2.24) is 0 Å². The highest BCUT2D eigenvalue weighted by molar-refractivity contribution is 5.83. The van der Waals surface area contributed by atoms with Crippen LogP contribution in [0.15, 0.2) is 0 Å². The lowest BCUT2D eigenvalue weighted by Crippen LogP contribution is -2.58. The van der Waals surface area contributed by atoms with Gasteiger partial charge in [0.05, 0.1) is 0 Å². The van der Waals surface area contributed by atoms with Gasteiger partial charge in [-0.15, -0.1) is 0 Å². The molecule has 0 saturated heterocycles. The van der Waals surface area contributed by atoms with Crippen molar-refractivity contribution in [3.05, 3.63) is 0 Å². The third kappa shape index (κ3) is 2.95. The molecule has 5 heteroatoms. The molecule has 4 fully saturated rings. The van der Waals surface area contributed by atoms with E-state index in [-0.39, 0.29) is 53.6 Å². The van der Waals surface area contributed by atoms with Crippen LogP contribution in [0.5, 0.6) is 0 Å². The van der Waals surface area contributed by atoms with Crippen LogP contribution in [-0.4, -0.2) is 35.2 Å². The number of aliphatic hydroxyl groups is 1. The highest BCUT2D eigenvalue weighted by Gasteiger charge is 2.64. The van der Waals surface area contributed by atoms with Gasteiger partial charge in [0.2, 0.25) is 0 Å². The van der Waals surface area contributed by atoms with Gasteiger partial charge < -0.3 is 9.84 Å². The minimum Gasteiger partial charge on any atom is -0.463 e. The van der Waals surface area contributed by atoms with Gasteiger partial charge in [-0.25, -0.2) is 4.39 Å². The average Bonchev–Trinajstić information content (AvgIpc) is 2.97. The van der Waals surface area contributed by atoms with E-state index in [1.54, 1.807) is 0 Å². The molecule has 0 radical (unpaired) electrons. The molecule has 0 aromatic carbocycles. The molecule has 8 atom stereocenters. The average molecular weight is 381 g/mol. The Hall–Kier alpha value is -0.970. The van der Waals surface area contributed by atoms with E-state index in [0.717, 1.165) is 51.4 Å². The lowest BCUT2D eigenvalue weighted by Gasteiger charge is -2.59. The molecule has 0 unspecified atom stereocenters. The molecule has 0 aliphatic heterocycles.